The van der Waals surface area contributed by atoms with Crippen molar-refractivity contribution in [3.05, 3.63) is 86.1 Å². The van der Waals surface area contributed by atoms with Gasteiger partial charge in [0.25, 0.3) is 0 Å². The average Bonchev–Trinajstić information content (AvgIpc) is 3.53. The van der Waals surface area contributed by atoms with E-state index in [-0.39, 0.29) is 35.6 Å². The second-order valence-corrected chi connectivity index (χ2v) is 73.4. The van der Waals surface area contributed by atoms with Crippen LogP contribution in [0.2, 0.25) is 18.5 Å². The van der Waals surface area contributed by atoms with Crippen LogP contribution in [0, 0.1) is 16.2 Å². The summed E-state index contributed by atoms with van der Waals surface area (Å²) in [7, 11) is 13.5. The predicted octanol–water partition coefficient (Wildman–Crippen LogP) is 8.65. The molecule has 0 aromatic heterocycles. The zero-order valence-corrected chi connectivity index (χ0v) is 39.9. The molecule has 0 saturated carbocycles. The summed E-state index contributed by atoms with van der Waals surface area (Å²) in [6.45, 7) is 34.7. The summed E-state index contributed by atoms with van der Waals surface area (Å²) in [5.74, 6) is 0. The molecule has 0 saturated heterocycles. The van der Waals surface area contributed by atoms with Crippen molar-refractivity contribution in [3.8, 4) is 0 Å². The first-order chi connectivity index (χ1) is 18.6. The summed E-state index contributed by atoms with van der Waals surface area (Å²) < 4.78 is 11.0. The van der Waals surface area contributed by atoms with E-state index in [1.807, 2.05) is 24.6 Å². The van der Waals surface area contributed by atoms with Crippen LogP contribution in [-0.4, -0.2) is 0 Å². The third-order valence-electron chi connectivity index (χ3n) is 11.7. The zero-order valence-electron chi connectivity index (χ0n) is 32.0. The molecule has 0 heterocycles. The fourth-order valence-corrected chi connectivity index (χ4v) is 14.6. The van der Waals surface area contributed by atoms with Crippen molar-refractivity contribution in [1.82, 2.24) is 0 Å². The molecule has 4 aliphatic carbocycles. The zero-order chi connectivity index (χ0) is 34.2. The van der Waals surface area contributed by atoms with Gasteiger partial charge in [-0.3, -0.25) is 0 Å². The van der Waals surface area contributed by atoms with E-state index in [0.717, 1.165) is 6.42 Å². The van der Waals surface area contributed by atoms with Gasteiger partial charge in [-0.1, -0.05) is 38.8 Å². The van der Waals surface area contributed by atoms with Gasteiger partial charge in [0.15, 0.2) is 0 Å². The van der Waals surface area contributed by atoms with Crippen molar-refractivity contribution in [2.24, 2.45) is 16.2 Å². The summed E-state index contributed by atoms with van der Waals surface area (Å²) in [6, 6.07) is 0. The molecule has 0 atom stereocenters. The van der Waals surface area contributed by atoms with E-state index in [0.29, 0.717) is 5.41 Å². The maximum absolute atomic E-state index is 6.75. The van der Waals surface area contributed by atoms with Gasteiger partial charge in [-0.25, -0.2) is 0 Å². The number of allylic oxidation sites excluding steroid dienone is 16. The van der Waals surface area contributed by atoms with Crippen LogP contribution >= 0.6 is 17.0 Å². The Balaban J connectivity index is 0.000000672. The van der Waals surface area contributed by atoms with Gasteiger partial charge in [-0.05, 0) is 75.0 Å². The Kier molecular flexibility index (Phi) is 12.8. The van der Waals surface area contributed by atoms with Crippen LogP contribution in [-0.2, 0) is 38.1 Å². The molecule has 0 fully saturated rings. The van der Waals surface area contributed by atoms with Gasteiger partial charge >= 0.3 is 162 Å². The normalized spacial score (nSPS) is 24.2. The average molecular weight is 855 g/mol. The first-order valence-corrected chi connectivity index (χ1v) is 34.7. The monoisotopic (exact) mass is 850 g/mol. The van der Waals surface area contributed by atoms with E-state index < -0.39 is 13.4 Å². The summed E-state index contributed by atoms with van der Waals surface area (Å²) in [5, 5.41) is 0. The second-order valence-electron chi connectivity index (χ2n) is 18.7. The maximum Gasteiger partial charge on any atom is -1.00 e. The van der Waals surface area contributed by atoms with E-state index in [4.69, 9.17) is 17.0 Å². The molecule has 254 valence electrons. The topological polar surface area (TPSA) is 0 Å². The van der Waals surface area contributed by atoms with Gasteiger partial charge in [0.05, 0.1) is 0 Å². The Morgan fingerprint density at radius 1 is 0.556 bits per heavy atom. The molecule has 45 heavy (non-hydrogen) atoms. The minimum absolute atomic E-state index is 0. The van der Waals surface area contributed by atoms with Crippen LogP contribution in [0.3, 0.4) is 0 Å². The largest absolute Gasteiger partial charge is 1.00 e. The minimum Gasteiger partial charge on any atom is -1.00 e. The van der Waals surface area contributed by atoms with E-state index in [9.17, 15) is 0 Å². The fraction of sp³-hybridized carbons (Fsp3) is 0.590. The predicted molar refractivity (Wildman–Crippen MR) is 192 cm³/mol. The number of halogens is 4. The van der Waals surface area contributed by atoms with Gasteiger partial charge in [0.1, 0.15) is 0 Å². The molecule has 6 heteroatoms. The molecule has 0 amide bonds. The molecular weight excluding hydrogens is 793 g/mol. The molecule has 0 aromatic rings. The van der Waals surface area contributed by atoms with Gasteiger partial charge < -0.3 is 24.8 Å². The number of hydrogen-bond acceptors (Lipinski definition) is 0. The van der Waals surface area contributed by atoms with Crippen molar-refractivity contribution in [3.63, 3.8) is 0 Å². The minimum atomic E-state index is -4.39. The molecule has 0 aromatic carbocycles. The first-order valence-electron chi connectivity index (χ1n) is 16.1. The van der Waals surface area contributed by atoms with E-state index in [1.165, 1.54) is 47.9 Å². The van der Waals surface area contributed by atoms with Gasteiger partial charge in [0, 0.05) is 10.8 Å². The number of hydrogen-bond donors (Lipinski definition) is 0. The van der Waals surface area contributed by atoms with Crippen molar-refractivity contribution in [2.75, 3.05) is 0 Å². The molecule has 0 nitrogen and oxygen atoms in total. The van der Waals surface area contributed by atoms with E-state index in [1.54, 1.807) is 44.7 Å². The van der Waals surface area contributed by atoms with Crippen molar-refractivity contribution in [2.45, 2.75) is 129 Å². The van der Waals surface area contributed by atoms with Gasteiger partial charge in [0.2, 0.25) is 0 Å². The molecule has 4 rings (SSSR count). The summed E-state index contributed by atoms with van der Waals surface area (Å²) in [6.07, 6.45) is 7.12. The van der Waals surface area contributed by atoms with Crippen LogP contribution in [0.1, 0.15) is 110 Å². The Morgan fingerprint density at radius 3 is 1.00 bits per heavy atom. The van der Waals surface area contributed by atoms with E-state index >= 15 is 0 Å². The van der Waals surface area contributed by atoms with E-state index in [2.05, 4.69) is 116 Å². The standard InChI is InChI=1S/C20H30.C10H15.C5H5.4CH3.4ClH.2Zr/c1-11-13(3)17(19(7,8)15(11)5)18-14(4)12(2)16(6)20(18,9)10;1-7-6-10(4,5)9(3)8(7)2;1-2-4-5-3-1;;;;;;;;;;/h1-10H3;1-5H3;1-3H,4H2;4*1H3;4*1H;;/q;;;;;;;;;;;2*+2/p-4. The fourth-order valence-electron chi connectivity index (χ4n) is 7.11. The van der Waals surface area contributed by atoms with Gasteiger partial charge in [-0.15, -0.1) is 0 Å². The van der Waals surface area contributed by atoms with Crippen LogP contribution in [0.25, 0.3) is 0 Å². The van der Waals surface area contributed by atoms with Crippen molar-refractivity contribution < 1.29 is 63.0 Å². The summed E-state index contributed by atoms with van der Waals surface area (Å²) in [5.41, 5.74) is 17.5. The Labute approximate surface area is 307 Å². The molecule has 0 unspecified atom stereocenters. The van der Waals surface area contributed by atoms with Crippen LogP contribution in [0.4, 0.5) is 0 Å². The summed E-state index contributed by atoms with van der Waals surface area (Å²) in [4.78, 5) is 0. The molecule has 0 bridgehead atoms. The van der Waals surface area contributed by atoms with Crippen molar-refractivity contribution in [1.29, 1.82) is 0 Å². The molecule has 0 N–H and O–H groups in total. The van der Waals surface area contributed by atoms with Crippen LogP contribution < -0.4 is 24.8 Å². The molecule has 4 aliphatic rings. The maximum atomic E-state index is 6.75. The van der Waals surface area contributed by atoms with Gasteiger partial charge in [-0.2, -0.15) is 0 Å². The van der Waals surface area contributed by atoms with Crippen LogP contribution in [0.5, 0.6) is 0 Å². The second kappa shape index (κ2) is 12.6. The molecular formula is C39H62Cl4Zr2. The molecule has 0 spiro atoms. The summed E-state index contributed by atoms with van der Waals surface area (Å²) >= 11 is -2.81. The Hall–Kier alpha value is 0.846. The third-order valence-corrected chi connectivity index (χ3v) is 25.5. The molecule has 0 aliphatic heterocycles. The van der Waals surface area contributed by atoms with Crippen LogP contribution in [0.15, 0.2) is 86.1 Å². The molecule has 0 radical (unpaired) electrons. The van der Waals surface area contributed by atoms with Crippen molar-refractivity contribution >= 4 is 17.0 Å². The Morgan fingerprint density at radius 2 is 0.867 bits per heavy atom. The third kappa shape index (κ3) is 8.96. The SMILES string of the molecule is CC1=C(C)C(C)(C)C(C2=C(C)C(C)=C(C)C2(C)C)=C1C.CC1=C(C)C(C)(C)[C]([Zr+2])=C1C.[CH3][Zr]([CH3])([CH3])([CH3])([Cl])([Cl])[C]1=CC=CC1.[Cl-].[Cl-]. The Bertz CT molecular complexity index is 1450. The first kappa shape index (κ1) is 45.8. The quantitative estimate of drug-likeness (QED) is 0.261. The smallest absolute Gasteiger partial charge is 1.00 e. The number of rotatable bonds is 2.